The molecule has 1 unspecified atom stereocenters. The first-order valence-corrected chi connectivity index (χ1v) is 6.77. The predicted octanol–water partition coefficient (Wildman–Crippen LogP) is 2.22. The lowest BCUT2D eigenvalue weighted by atomic mass is 9.99. The van der Waals surface area contributed by atoms with Gasteiger partial charge in [0.25, 0.3) is 0 Å². The zero-order chi connectivity index (χ0) is 15.9. The Hall–Kier alpha value is -3.02. The first kappa shape index (κ1) is 13.9. The molecule has 3 aromatic rings. The summed E-state index contributed by atoms with van der Waals surface area (Å²) in [6, 6.07) is 9.45. The van der Waals surface area contributed by atoms with Crippen LogP contribution in [0.15, 0.2) is 36.4 Å². The number of H-pyrrole nitrogens is 1. The number of carbonyl (C=O) groups excluding carboxylic acids is 1. The lowest BCUT2D eigenvalue weighted by molar-refractivity contribution is 0.100. The number of primary amides is 1. The molecule has 0 aliphatic rings. The molecule has 0 saturated heterocycles. The van der Waals surface area contributed by atoms with Crippen LogP contribution in [0.4, 0.5) is 0 Å². The number of rotatable bonds is 3. The third-order valence-electron chi connectivity index (χ3n) is 3.68. The van der Waals surface area contributed by atoms with Crippen LogP contribution in [0, 0.1) is 0 Å². The molecule has 2 aromatic carbocycles. The molecule has 0 aliphatic carbocycles. The highest BCUT2D eigenvalue weighted by molar-refractivity contribution is 5.96. The molecule has 3 rings (SSSR count). The number of aromatic nitrogens is 2. The van der Waals surface area contributed by atoms with Gasteiger partial charge in [-0.2, -0.15) is 0 Å². The molecule has 1 aromatic heterocycles. The summed E-state index contributed by atoms with van der Waals surface area (Å²) in [4.78, 5) is 18.8. The number of hydrogen-bond donors (Lipinski definition) is 4. The molecule has 6 nitrogen and oxygen atoms in total. The van der Waals surface area contributed by atoms with Gasteiger partial charge < -0.3 is 20.9 Å². The Morgan fingerprint density at radius 2 is 2.00 bits per heavy atom. The molecule has 1 amide bonds. The van der Waals surface area contributed by atoms with Crippen LogP contribution in [0.1, 0.15) is 34.6 Å². The number of benzene rings is 2. The lowest BCUT2D eigenvalue weighted by Crippen LogP contribution is -2.10. The van der Waals surface area contributed by atoms with Gasteiger partial charge in [-0.1, -0.05) is 13.0 Å². The summed E-state index contributed by atoms with van der Waals surface area (Å²) in [6.45, 7) is 1.89. The standard InChI is InChI=1S/C16H15N3O3/c1-8(11-4-3-10(20)7-14(11)21)16-18-12-5-2-9(15(17)22)6-13(12)19-16/h2-8,20-21H,1H3,(H2,17,22)(H,18,19). The fraction of sp³-hybridized carbons (Fsp3) is 0.125. The van der Waals surface area contributed by atoms with Crippen LogP contribution < -0.4 is 5.73 Å². The highest BCUT2D eigenvalue weighted by atomic mass is 16.3. The van der Waals surface area contributed by atoms with Gasteiger partial charge in [-0.05, 0) is 24.3 Å². The van der Waals surface area contributed by atoms with Gasteiger partial charge in [0, 0.05) is 23.1 Å². The summed E-state index contributed by atoms with van der Waals surface area (Å²) in [5.41, 5.74) is 7.74. The van der Waals surface area contributed by atoms with E-state index in [9.17, 15) is 15.0 Å². The second kappa shape index (κ2) is 5.07. The van der Waals surface area contributed by atoms with E-state index in [4.69, 9.17) is 5.73 Å². The van der Waals surface area contributed by atoms with E-state index in [1.807, 2.05) is 6.92 Å². The molecule has 0 radical (unpaired) electrons. The van der Waals surface area contributed by atoms with Crippen molar-refractivity contribution >= 4 is 16.9 Å². The first-order chi connectivity index (χ1) is 10.5. The molecule has 6 heteroatoms. The summed E-state index contributed by atoms with van der Waals surface area (Å²) in [5.74, 6) is -0.0418. The molecular formula is C16H15N3O3. The van der Waals surface area contributed by atoms with E-state index >= 15 is 0 Å². The SMILES string of the molecule is CC(c1nc2ccc(C(N)=O)cc2[nH]1)c1ccc(O)cc1O. The van der Waals surface area contributed by atoms with E-state index in [1.54, 1.807) is 24.3 Å². The molecule has 0 aliphatic heterocycles. The Labute approximate surface area is 126 Å². The van der Waals surface area contributed by atoms with Crippen LogP contribution in [0.5, 0.6) is 11.5 Å². The number of aromatic amines is 1. The Morgan fingerprint density at radius 3 is 2.68 bits per heavy atom. The van der Waals surface area contributed by atoms with Crippen molar-refractivity contribution < 1.29 is 15.0 Å². The number of imidazole rings is 1. The fourth-order valence-electron chi connectivity index (χ4n) is 2.43. The molecule has 0 fully saturated rings. The largest absolute Gasteiger partial charge is 0.508 e. The van der Waals surface area contributed by atoms with E-state index in [-0.39, 0.29) is 17.4 Å². The second-order valence-electron chi connectivity index (χ2n) is 5.18. The zero-order valence-corrected chi connectivity index (χ0v) is 11.9. The van der Waals surface area contributed by atoms with Crippen molar-refractivity contribution in [2.24, 2.45) is 5.73 Å². The smallest absolute Gasteiger partial charge is 0.248 e. The molecule has 0 bridgehead atoms. The van der Waals surface area contributed by atoms with Crippen LogP contribution >= 0.6 is 0 Å². The van der Waals surface area contributed by atoms with Gasteiger partial charge in [0.1, 0.15) is 17.3 Å². The first-order valence-electron chi connectivity index (χ1n) is 6.77. The van der Waals surface area contributed by atoms with Crippen molar-refractivity contribution in [3.63, 3.8) is 0 Å². The Bertz CT molecular complexity index is 870. The zero-order valence-electron chi connectivity index (χ0n) is 11.9. The minimum absolute atomic E-state index is 0.00385. The van der Waals surface area contributed by atoms with Gasteiger partial charge in [-0.25, -0.2) is 4.98 Å². The number of nitrogens with two attached hydrogens (primary N) is 1. The van der Waals surface area contributed by atoms with Gasteiger partial charge >= 0.3 is 0 Å². The minimum Gasteiger partial charge on any atom is -0.508 e. The summed E-state index contributed by atoms with van der Waals surface area (Å²) >= 11 is 0. The van der Waals surface area contributed by atoms with E-state index < -0.39 is 5.91 Å². The normalized spacial score (nSPS) is 12.4. The van der Waals surface area contributed by atoms with Crippen molar-refractivity contribution in [2.75, 3.05) is 0 Å². The molecule has 0 spiro atoms. The van der Waals surface area contributed by atoms with Gasteiger partial charge in [0.15, 0.2) is 0 Å². The van der Waals surface area contributed by atoms with Crippen molar-refractivity contribution in [1.29, 1.82) is 0 Å². The third-order valence-corrected chi connectivity index (χ3v) is 3.68. The number of hydrogen-bond acceptors (Lipinski definition) is 4. The van der Waals surface area contributed by atoms with Crippen LogP contribution in [-0.2, 0) is 0 Å². The van der Waals surface area contributed by atoms with Gasteiger partial charge in [0.05, 0.1) is 11.0 Å². The van der Waals surface area contributed by atoms with E-state index in [0.717, 1.165) is 0 Å². The number of carbonyl (C=O) groups is 1. The molecule has 1 heterocycles. The van der Waals surface area contributed by atoms with Crippen LogP contribution in [-0.4, -0.2) is 26.1 Å². The number of fused-ring (bicyclic) bond motifs is 1. The predicted molar refractivity (Wildman–Crippen MR) is 81.9 cm³/mol. The molecule has 1 atom stereocenters. The average molecular weight is 297 g/mol. The maximum absolute atomic E-state index is 11.2. The number of aromatic hydroxyl groups is 2. The highest BCUT2D eigenvalue weighted by Crippen LogP contribution is 2.32. The maximum atomic E-state index is 11.2. The molecule has 22 heavy (non-hydrogen) atoms. The second-order valence-corrected chi connectivity index (χ2v) is 5.18. The number of phenolic OH excluding ortho intramolecular Hbond substituents is 2. The lowest BCUT2D eigenvalue weighted by Gasteiger charge is -2.11. The number of phenols is 2. The van der Waals surface area contributed by atoms with E-state index in [2.05, 4.69) is 9.97 Å². The Kier molecular flexibility index (Phi) is 3.21. The van der Waals surface area contributed by atoms with Gasteiger partial charge in [-0.3, -0.25) is 4.79 Å². The summed E-state index contributed by atoms with van der Waals surface area (Å²) in [7, 11) is 0. The number of nitrogens with one attached hydrogen (secondary N) is 1. The monoisotopic (exact) mass is 297 g/mol. The van der Waals surface area contributed by atoms with Gasteiger partial charge in [0.2, 0.25) is 5.91 Å². The van der Waals surface area contributed by atoms with Crippen molar-refractivity contribution in [2.45, 2.75) is 12.8 Å². The van der Waals surface area contributed by atoms with Crippen molar-refractivity contribution in [3.8, 4) is 11.5 Å². The maximum Gasteiger partial charge on any atom is 0.248 e. The Balaban J connectivity index is 2.03. The Morgan fingerprint density at radius 1 is 1.23 bits per heavy atom. The highest BCUT2D eigenvalue weighted by Gasteiger charge is 2.17. The van der Waals surface area contributed by atoms with Crippen LogP contribution in [0.25, 0.3) is 11.0 Å². The number of amides is 1. The van der Waals surface area contributed by atoms with Crippen LogP contribution in [0.3, 0.4) is 0 Å². The molecule has 112 valence electrons. The van der Waals surface area contributed by atoms with Crippen molar-refractivity contribution in [1.82, 2.24) is 9.97 Å². The fourth-order valence-corrected chi connectivity index (χ4v) is 2.43. The summed E-state index contributed by atoms with van der Waals surface area (Å²) < 4.78 is 0. The molecular weight excluding hydrogens is 282 g/mol. The van der Waals surface area contributed by atoms with Crippen LogP contribution in [0.2, 0.25) is 0 Å². The summed E-state index contributed by atoms with van der Waals surface area (Å²) in [6.07, 6.45) is 0. The quantitative estimate of drug-likeness (QED) is 0.593. The summed E-state index contributed by atoms with van der Waals surface area (Å²) in [5, 5.41) is 19.3. The average Bonchev–Trinajstić information content (AvgIpc) is 2.89. The van der Waals surface area contributed by atoms with E-state index in [1.165, 1.54) is 12.1 Å². The van der Waals surface area contributed by atoms with E-state index in [0.29, 0.717) is 28.0 Å². The number of nitrogens with zero attached hydrogens (tertiary/aromatic N) is 1. The third kappa shape index (κ3) is 2.35. The minimum atomic E-state index is -0.498. The van der Waals surface area contributed by atoms with Crippen molar-refractivity contribution in [3.05, 3.63) is 53.3 Å². The molecule has 5 N–H and O–H groups in total. The topological polar surface area (TPSA) is 112 Å². The molecule has 0 saturated carbocycles. The van der Waals surface area contributed by atoms with Gasteiger partial charge in [-0.15, -0.1) is 0 Å².